The molecule has 2 heterocycles. The number of aromatic amines is 1. The molecule has 0 aliphatic carbocycles. The minimum Gasteiger partial charge on any atom is -0.449 e. The molecule has 2 N–H and O–H groups in total. The largest absolute Gasteiger partial charge is 0.449 e. The Balaban J connectivity index is 1.24. The van der Waals surface area contributed by atoms with E-state index in [2.05, 4.69) is 10.3 Å². The van der Waals surface area contributed by atoms with Gasteiger partial charge in [0.1, 0.15) is 18.2 Å². The second kappa shape index (κ2) is 10.5. The van der Waals surface area contributed by atoms with Crippen molar-refractivity contribution in [3.05, 3.63) is 96.3 Å². The van der Waals surface area contributed by atoms with Gasteiger partial charge in [-0.3, -0.25) is 5.32 Å². The molecule has 1 fully saturated rings. The number of H-pyrrole nitrogens is 1. The van der Waals surface area contributed by atoms with Gasteiger partial charge in [-0.25, -0.2) is 18.6 Å². The molecule has 1 saturated heterocycles. The summed E-state index contributed by atoms with van der Waals surface area (Å²) in [7, 11) is 0. The molecule has 0 saturated carbocycles. The number of rotatable bonds is 6. The van der Waals surface area contributed by atoms with Gasteiger partial charge in [-0.2, -0.15) is 0 Å². The molecule has 1 aliphatic heterocycles. The number of carbonyl (C=O) groups excluding carboxylic acids is 1. The minimum atomic E-state index is -0.890. The average molecular weight is 506 g/mol. The third-order valence-corrected chi connectivity index (χ3v) is 5.94. The fourth-order valence-electron chi connectivity index (χ4n) is 3.98. The van der Waals surface area contributed by atoms with Crippen LogP contribution in [0.3, 0.4) is 0 Å². The lowest BCUT2D eigenvalue weighted by molar-refractivity contribution is -0.239. The molecule has 0 radical (unpaired) electrons. The first-order valence-electron chi connectivity index (χ1n) is 11.7. The number of carbonyl (C=O) groups is 1. The predicted molar refractivity (Wildman–Crippen MR) is 134 cm³/mol. The molecule has 0 unspecified atom stereocenters. The van der Waals surface area contributed by atoms with E-state index < -0.39 is 29.4 Å². The van der Waals surface area contributed by atoms with Gasteiger partial charge in [0.15, 0.2) is 5.82 Å². The summed E-state index contributed by atoms with van der Waals surface area (Å²) >= 11 is 0. The maximum Gasteiger partial charge on any atom is 0.411 e. The SMILES string of the molecule is C[C@]1(COC(=O)Nc2ccc(F)cc2F)CO[C@@H](c2nc(-c3ccccc3)c(-c3ccccc3)[nH]2)OC1. The molecule has 3 aromatic carbocycles. The normalized spacial score (nSPS) is 19.4. The van der Waals surface area contributed by atoms with Gasteiger partial charge in [0.05, 0.1) is 30.3 Å². The first kappa shape index (κ1) is 24.6. The third kappa shape index (κ3) is 5.68. The molecular formula is C28H25F2N3O4. The van der Waals surface area contributed by atoms with Gasteiger partial charge in [-0.05, 0) is 12.1 Å². The lowest BCUT2D eigenvalue weighted by Gasteiger charge is -2.36. The van der Waals surface area contributed by atoms with E-state index in [0.29, 0.717) is 11.9 Å². The smallest absolute Gasteiger partial charge is 0.411 e. The van der Waals surface area contributed by atoms with E-state index in [9.17, 15) is 13.6 Å². The number of hydrogen-bond donors (Lipinski definition) is 2. The van der Waals surface area contributed by atoms with Crippen LogP contribution in [0.5, 0.6) is 0 Å². The Kier molecular flexibility index (Phi) is 6.98. The van der Waals surface area contributed by atoms with Crippen LogP contribution >= 0.6 is 0 Å². The van der Waals surface area contributed by atoms with Crippen LogP contribution in [0.25, 0.3) is 22.5 Å². The highest BCUT2D eigenvalue weighted by Gasteiger charge is 2.36. The number of nitrogens with one attached hydrogen (secondary N) is 2. The lowest BCUT2D eigenvalue weighted by atomic mass is 9.93. The highest BCUT2D eigenvalue weighted by Crippen LogP contribution is 2.35. The molecule has 37 heavy (non-hydrogen) atoms. The topological polar surface area (TPSA) is 85.5 Å². The van der Waals surface area contributed by atoms with Crippen LogP contribution in [0.15, 0.2) is 78.9 Å². The van der Waals surface area contributed by atoms with Crippen LogP contribution in [-0.4, -0.2) is 35.9 Å². The van der Waals surface area contributed by atoms with Crippen molar-refractivity contribution in [1.29, 1.82) is 0 Å². The summed E-state index contributed by atoms with van der Waals surface area (Å²) < 4.78 is 44.0. The molecule has 7 nitrogen and oxygen atoms in total. The Morgan fingerprint density at radius 2 is 1.68 bits per heavy atom. The Morgan fingerprint density at radius 3 is 2.32 bits per heavy atom. The van der Waals surface area contributed by atoms with Gasteiger partial charge in [0, 0.05) is 22.6 Å². The molecule has 1 aromatic heterocycles. The van der Waals surface area contributed by atoms with Gasteiger partial charge < -0.3 is 19.2 Å². The van der Waals surface area contributed by atoms with Crippen molar-refractivity contribution >= 4 is 11.8 Å². The van der Waals surface area contributed by atoms with Gasteiger partial charge in [-0.15, -0.1) is 0 Å². The molecule has 190 valence electrons. The first-order valence-corrected chi connectivity index (χ1v) is 11.7. The van der Waals surface area contributed by atoms with E-state index in [1.54, 1.807) is 0 Å². The Morgan fingerprint density at radius 1 is 1.03 bits per heavy atom. The molecule has 9 heteroatoms. The second-order valence-corrected chi connectivity index (χ2v) is 9.17. The number of aromatic nitrogens is 2. The number of amides is 1. The van der Waals surface area contributed by atoms with Crippen molar-refractivity contribution in [2.75, 3.05) is 25.1 Å². The Labute approximate surface area is 212 Å². The van der Waals surface area contributed by atoms with Crippen LogP contribution in [0.1, 0.15) is 19.0 Å². The van der Waals surface area contributed by atoms with E-state index >= 15 is 0 Å². The van der Waals surface area contributed by atoms with Gasteiger partial charge >= 0.3 is 6.09 Å². The molecule has 1 aliphatic rings. The zero-order chi connectivity index (χ0) is 25.8. The number of nitrogens with zero attached hydrogens (tertiary/aromatic N) is 1. The van der Waals surface area contributed by atoms with Crippen molar-refractivity contribution in [1.82, 2.24) is 9.97 Å². The zero-order valence-electron chi connectivity index (χ0n) is 20.0. The fraction of sp³-hybridized carbons (Fsp3) is 0.214. The summed E-state index contributed by atoms with van der Waals surface area (Å²) in [6.07, 6.45) is -1.59. The summed E-state index contributed by atoms with van der Waals surface area (Å²) in [5.74, 6) is -1.10. The number of halogens is 2. The molecule has 0 atom stereocenters. The lowest BCUT2D eigenvalue weighted by Crippen LogP contribution is -2.41. The quantitative estimate of drug-likeness (QED) is 0.320. The maximum absolute atomic E-state index is 13.8. The molecule has 0 bridgehead atoms. The van der Waals surface area contributed by atoms with Crippen molar-refractivity contribution in [2.45, 2.75) is 13.2 Å². The van der Waals surface area contributed by atoms with E-state index in [1.165, 1.54) is 0 Å². The summed E-state index contributed by atoms with van der Waals surface area (Å²) in [5, 5.41) is 2.27. The first-order chi connectivity index (χ1) is 17.9. The van der Waals surface area contributed by atoms with Crippen LogP contribution in [0.2, 0.25) is 0 Å². The Hall–Kier alpha value is -4.08. The fourth-order valence-corrected chi connectivity index (χ4v) is 3.98. The second-order valence-electron chi connectivity index (χ2n) is 9.17. The van der Waals surface area contributed by atoms with Gasteiger partial charge in [0.2, 0.25) is 6.29 Å². The molecule has 1 amide bonds. The van der Waals surface area contributed by atoms with Crippen molar-refractivity contribution in [3.63, 3.8) is 0 Å². The number of imidazole rings is 1. The van der Waals surface area contributed by atoms with Crippen LogP contribution in [0, 0.1) is 17.0 Å². The highest BCUT2D eigenvalue weighted by molar-refractivity contribution is 5.84. The third-order valence-electron chi connectivity index (χ3n) is 5.94. The zero-order valence-corrected chi connectivity index (χ0v) is 20.0. The summed E-state index contributed by atoms with van der Waals surface area (Å²) in [6, 6.07) is 22.6. The number of hydrogen-bond acceptors (Lipinski definition) is 5. The van der Waals surface area contributed by atoms with Crippen molar-refractivity contribution < 1.29 is 27.8 Å². The van der Waals surface area contributed by atoms with Crippen LogP contribution in [0.4, 0.5) is 19.3 Å². The summed E-state index contributed by atoms with van der Waals surface area (Å²) in [6.45, 7) is 2.29. The summed E-state index contributed by atoms with van der Waals surface area (Å²) in [5.41, 5.74) is 2.78. The monoisotopic (exact) mass is 505 g/mol. The maximum atomic E-state index is 13.8. The number of ether oxygens (including phenoxy) is 3. The van der Waals surface area contributed by atoms with Crippen molar-refractivity contribution in [3.8, 4) is 22.5 Å². The molecular weight excluding hydrogens is 480 g/mol. The van der Waals surface area contributed by atoms with Crippen LogP contribution in [-0.2, 0) is 14.2 Å². The van der Waals surface area contributed by atoms with E-state index in [-0.39, 0.29) is 25.5 Å². The van der Waals surface area contributed by atoms with Gasteiger partial charge in [-0.1, -0.05) is 67.6 Å². The number of benzene rings is 3. The summed E-state index contributed by atoms with van der Waals surface area (Å²) in [4.78, 5) is 20.3. The number of anilines is 1. The standard InChI is InChI=1S/C28H25F2N3O4/c1-28(17-37-27(34)31-22-13-12-20(29)14-21(22)30)15-35-26(36-16-28)25-32-23(18-8-4-2-5-9-18)24(33-25)19-10-6-3-7-11-19/h2-14,26H,15-17H2,1H3,(H,31,34)(H,32,33)/t26-,28+. The van der Waals surface area contributed by atoms with E-state index in [0.717, 1.165) is 34.6 Å². The van der Waals surface area contributed by atoms with E-state index in [4.69, 9.17) is 19.2 Å². The van der Waals surface area contributed by atoms with Crippen molar-refractivity contribution in [2.24, 2.45) is 5.41 Å². The Bertz CT molecular complexity index is 1310. The molecule has 4 aromatic rings. The van der Waals surface area contributed by atoms with Crippen LogP contribution < -0.4 is 5.32 Å². The van der Waals surface area contributed by atoms with Gasteiger partial charge in [0.25, 0.3) is 0 Å². The molecule has 0 spiro atoms. The highest BCUT2D eigenvalue weighted by atomic mass is 19.1. The van der Waals surface area contributed by atoms with E-state index in [1.807, 2.05) is 67.6 Å². The molecule has 5 rings (SSSR count). The predicted octanol–water partition coefficient (Wildman–Crippen LogP) is 6.32. The minimum absolute atomic E-state index is 0.0307. The average Bonchev–Trinajstić information content (AvgIpc) is 3.36.